The minimum absolute atomic E-state index is 0.681. The fourth-order valence-corrected chi connectivity index (χ4v) is 8.26. The Hall–Kier alpha value is -8.28. The SMILES string of the molecule is c1ccc(-c2cc(-c3ccccc3)nc(-c3cccc(-c4cccc(-c5cccc(-c6nc(-c7ccccc7)c7c(n6)c6ccccc6n7-c6ccccc6)c5)c4)c3)n2)cc1. The number of benzene rings is 8. The highest BCUT2D eigenvalue weighted by molar-refractivity contribution is 6.11. The van der Waals surface area contributed by atoms with E-state index in [2.05, 4.69) is 180 Å². The Labute approximate surface area is 354 Å². The molecule has 11 rings (SSSR count). The summed E-state index contributed by atoms with van der Waals surface area (Å²) < 4.78 is 2.29. The van der Waals surface area contributed by atoms with Gasteiger partial charge in [-0.2, -0.15) is 0 Å². The fraction of sp³-hybridized carbons (Fsp3) is 0. The first-order valence-electron chi connectivity index (χ1n) is 20.5. The Morgan fingerprint density at radius 2 is 0.705 bits per heavy atom. The van der Waals surface area contributed by atoms with Crippen LogP contribution in [0, 0.1) is 0 Å². The summed E-state index contributed by atoms with van der Waals surface area (Å²) in [6.45, 7) is 0. The van der Waals surface area contributed by atoms with Crippen molar-refractivity contribution in [3.63, 3.8) is 0 Å². The maximum atomic E-state index is 5.37. The molecule has 0 fully saturated rings. The van der Waals surface area contributed by atoms with Crippen LogP contribution in [0.5, 0.6) is 0 Å². The van der Waals surface area contributed by atoms with E-state index in [-0.39, 0.29) is 0 Å². The number of hydrogen-bond acceptors (Lipinski definition) is 4. The van der Waals surface area contributed by atoms with Crippen LogP contribution in [0.1, 0.15) is 0 Å². The summed E-state index contributed by atoms with van der Waals surface area (Å²) in [5.74, 6) is 1.37. The molecular weight excluding hydrogens is 743 g/mol. The molecule has 0 aliphatic rings. The maximum absolute atomic E-state index is 5.37. The Balaban J connectivity index is 0.995. The number of para-hydroxylation sites is 2. The fourth-order valence-electron chi connectivity index (χ4n) is 8.26. The molecule has 8 aromatic carbocycles. The van der Waals surface area contributed by atoms with Gasteiger partial charge in [0, 0.05) is 38.9 Å². The van der Waals surface area contributed by atoms with Gasteiger partial charge >= 0.3 is 0 Å². The molecule has 0 N–H and O–H groups in total. The lowest BCUT2D eigenvalue weighted by Gasteiger charge is -2.13. The van der Waals surface area contributed by atoms with Crippen LogP contribution in [0.2, 0.25) is 0 Å². The van der Waals surface area contributed by atoms with Crippen LogP contribution in [0.15, 0.2) is 224 Å². The van der Waals surface area contributed by atoms with E-state index in [1.54, 1.807) is 0 Å². The van der Waals surface area contributed by atoms with E-state index in [1.807, 2.05) is 48.5 Å². The van der Waals surface area contributed by atoms with Crippen LogP contribution >= 0.6 is 0 Å². The molecule has 286 valence electrons. The van der Waals surface area contributed by atoms with Gasteiger partial charge in [-0.05, 0) is 64.7 Å². The van der Waals surface area contributed by atoms with Crippen LogP contribution in [0.25, 0.3) is 106 Å². The summed E-state index contributed by atoms with van der Waals surface area (Å²) >= 11 is 0. The van der Waals surface area contributed by atoms with Gasteiger partial charge in [-0.15, -0.1) is 0 Å². The van der Waals surface area contributed by atoms with Crippen molar-refractivity contribution in [2.24, 2.45) is 0 Å². The second kappa shape index (κ2) is 15.5. The van der Waals surface area contributed by atoms with E-state index >= 15 is 0 Å². The van der Waals surface area contributed by atoms with Gasteiger partial charge in [0.15, 0.2) is 11.6 Å². The monoisotopic (exact) mass is 779 g/mol. The number of fused-ring (bicyclic) bond motifs is 3. The predicted molar refractivity (Wildman–Crippen MR) is 250 cm³/mol. The average molecular weight is 780 g/mol. The molecule has 0 aliphatic heterocycles. The van der Waals surface area contributed by atoms with E-state index < -0.39 is 0 Å². The molecule has 0 spiro atoms. The Kier molecular flexibility index (Phi) is 9.10. The van der Waals surface area contributed by atoms with Crippen molar-refractivity contribution in [1.29, 1.82) is 0 Å². The third-order valence-corrected chi connectivity index (χ3v) is 11.2. The molecule has 0 atom stereocenters. The van der Waals surface area contributed by atoms with E-state index in [1.165, 1.54) is 0 Å². The first kappa shape index (κ1) is 35.8. The summed E-state index contributed by atoms with van der Waals surface area (Å²) in [5, 5.41) is 1.08. The summed E-state index contributed by atoms with van der Waals surface area (Å²) in [7, 11) is 0. The number of rotatable bonds is 8. The number of hydrogen-bond donors (Lipinski definition) is 0. The zero-order chi connectivity index (χ0) is 40.5. The van der Waals surface area contributed by atoms with Crippen molar-refractivity contribution in [1.82, 2.24) is 24.5 Å². The predicted octanol–water partition coefficient (Wildman–Crippen LogP) is 14.0. The largest absolute Gasteiger partial charge is 0.306 e. The lowest BCUT2D eigenvalue weighted by Crippen LogP contribution is -1.99. The van der Waals surface area contributed by atoms with E-state index in [0.29, 0.717) is 11.6 Å². The lowest BCUT2D eigenvalue weighted by atomic mass is 9.96. The van der Waals surface area contributed by atoms with Gasteiger partial charge in [0.1, 0.15) is 5.52 Å². The lowest BCUT2D eigenvalue weighted by molar-refractivity contribution is 1.15. The van der Waals surface area contributed by atoms with Crippen molar-refractivity contribution >= 4 is 21.9 Å². The Morgan fingerprint density at radius 3 is 1.25 bits per heavy atom. The molecule has 3 heterocycles. The second-order valence-electron chi connectivity index (χ2n) is 15.1. The number of nitrogens with zero attached hydrogens (tertiary/aromatic N) is 5. The van der Waals surface area contributed by atoms with Crippen LogP contribution in [-0.4, -0.2) is 24.5 Å². The topological polar surface area (TPSA) is 56.5 Å². The number of aromatic nitrogens is 5. The summed E-state index contributed by atoms with van der Waals surface area (Å²) in [5.41, 5.74) is 16.1. The van der Waals surface area contributed by atoms with Crippen LogP contribution in [0.3, 0.4) is 0 Å². The van der Waals surface area contributed by atoms with E-state index in [4.69, 9.17) is 19.9 Å². The van der Waals surface area contributed by atoms with Gasteiger partial charge in [0.05, 0.1) is 28.1 Å². The average Bonchev–Trinajstić information content (AvgIpc) is 3.69. The molecule has 11 aromatic rings. The van der Waals surface area contributed by atoms with Crippen LogP contribution < -0.4 is 0 Å². The van der Waals surface area contributed by atoms with Crippen LogP contribution in [-0.2, 0) is 0 Å². The zero-order valence-corrected chi connectivity index (χ0v) is 33.1. The van der Waals surface area contributed by atoms with Gasteiger partial charge in [-0.25, -0.2) is 19.9 Å². The first-order chi connectivity index (χ1) is 30.2. The minimum atomic E-state index is 0.681. The smallest absolute Gasteiger partial charge is 0.160 e. The molecule has 0 radical (unpaired) electrons. The third-order valence-electron chi connectivity index (χ3n) is 11.2. The van der Waals surface area contributed by atoms with Gasteiger partial charge < -0.3 is 4.57 Å². The van der Waals surface area contributed by atoms with Crippen molar-refractivity contribution in [3.8, 4) is 84.5 Å². The Bertz CT molecular complexity index is 3280. The van der Waals surface area contributed by atoms with E-state index in [0.717, 1.165) is 94.8 Å². The highest BCUT2D eigenvalue weighted by atomic mass is 15.0. The highest BCUT2D eigenvalue weighted by Gasteiger charge is 2.21. The quantitative estimate of drug-likeness (QED) is 0.154. The summed E-state index contributed by atoms with van der Waals surface area (Å²) in [6.07, 6.45) is 0. The molecule has 5 nitrogen and oxygen atoms in total. The van der Waals surface area contributed by atoms with Crippen molar-refractivity contribution in [2.45, 2.75) is 0 Å². The standard InChI is InChI=1S/C56H37N5/c1-5-18-38(19-6-1)49-37-50(39-20-7-2-8-21-39)58-55(57-49)45-28-16-26-43(35-45)41-24-15-25-42(34-41)44-27-17-29-46(36-44)56-59-52(40-22-9-3-10-23-40)54-53(60-56)48-32-13-14-33-51(48)61(54)47-30-11-4-12-31-47/h1-37H. The molecular formula is C56H37N5. The van der Waals surface area contributed by atoms with E-state index in [9.17, 15) is 0 Å². The van der Waals surface area contributed by atoms with Gasteiger partial charge in [-0.1, -0.05) is 182 Å². The van der Waals surface area contributed by atoms with Gasteiger partial charge in [0.2, 0.25) is 0 Å². The molecule has 0 saturated carbocycles. The van der Waals surface area contributed by atoms with Gasteiger partial charge in [-0.3, -0.25) is 0 Å². The van der Waals surface area contributed by atoms with Crippen LogP contribution in [0.4, 0.5) is 0 Å². The van der Waals surface area contributed by atoms with Crippen molar-refractivity contribution in [2.75, 3.05) is 0 Å². The summed E-state index contributed by atoms with van der Waals surface area (Å²) in [4.78, 5) is 20.9. The van der Waals surface area contributed by atoms with Crippen molar-refractivity contribution in [3.05, 3.63) is 224 Å². The Morgan fingerprint density at radius 1 is 0.295 bits per heavy atom. The minimum Gasteiger partial charge on any atom is -0.306 e. The molecule has 0 saturated heterocycles. The normalized spacial score (nSPS) is 11.3. The first-order valence-corrected chi connectivity index (χ1v) is 20.5. The third kappa shape index (κ3) is 6.84. The molecule has 0 aliphatic carbocycles. The molecule has 5 heteroatoms. The molecule has 0 bridgehead atoms. The second-order valence-corrected chi connectivity index (χ2v) is 15.1. The van der Waals surface area contributed by atoms with Gasteiger partial charge in [0.25, 0.3) is 0 Å². The van der Waals surface area contributed by atoms with Crippen molar-refractivity contribution < 1.29 is 0 Å². The maximum Gasteiger partial charge on any atom is 0.160 e. The molecule has 0 amide bonds. The zero-order valence-electron chi connectivity index (χ0n) is 33.1. The molecule has 0 unspecified atom stereocenters. The highest BCUT2D eigenvalue weighted by Crippen LogP contribution is 2.39. The summed E-state index contributed by atoms with van der Waals surface area (Å²) in [6, 6.07) is 77.9. The molecule has 3 aromatic heterocycles. The molecule has 61 heavy (non-hydrogen) atoms.